The Balaban J connectivity index is 2.23. The van der Waals surface area contributed by atoms with Gasteiger partial charge in [0.25, 0.3) is 0 Å². The lowest BCUT2D eigenvalue weighted by Gasteiger charge is -2.40. The Labute approximate surface area is 410 Å². The van der Waals surface area contributed by atoms with Crippen molar-refractivity contribution in [2.75, 3.05) is 13.2 Å². The summed E-state index contributed by atoms with van der Waals surface area (Å²) in [5, 5.41) is 54.3. The Hall–Kier alpha value is -2.37. The molecule has 0 aromatic carbocycles. The predicted octanol–water partition coefficient (Wildman–Crippen LogP) is 13.3. The molecule has 0 saturated carbocycles. The average Bonchev–Trinajstić information content (AvgIpc) is 3.33. The fourth-order valence-electron chi connectivity index (χ4n) is 8.38. The summed E-state index contributed by atoms with van der Waals surface area (Å²) in [5.74, 6) is -0.222. The van der Waals surface area contributed by atoms with Gasteiger partial charge in [0.05, 0.1) is 25.4 Å². The number of aliphatic hydroxyl groups excluding tert-OH is 5. The normalized spacial score (nSPS) is 20.3. The van der Waals surface area contributed by atoms with Crippen LogP contribution < -0.4 is 5.32 Å². The summed E-state index contributed by atoms with van der Waals surface area (Å²) in [5.41, 5.74) is 0. The van der Waals surface area contributed by atoms with E-state index in [4.69, 9.17) is 9.47 Å². The van der Waals surface area contributed by atoms with Crippen LogP contribution in [0.25, 0.3) is 0 Å². The smallest absolute Gasteiger partial charge is 0.220 e. The summed E-state index contributed by atoms with van der Waals surface area (Å²) < 4.78 is 11.2. The van der Waals surface area contributed by atoms with E-state index in [0.29, 0.717) is 12.8 Å². The van der Waals surface area contributed by atoms with Crippen molar-refractivity contribution in [1.82, 2.24) is 5.32 Å². The van der Waals surface area contributed by atoms with Crippen LogP contribution in [0.5, 0.6) is 0 Å². The lowest BCUT2D eigenvalue weighted by Crippen LogP contribution is -2.60. The van der Waals surface area contributed by atoms with Gasteiger partial charge in [-0.15, -0.1) is 0 Å². The van der Waals surface area contributed by atoms with Crippen molar-refractivity contribution >= 4 is 5.91 Å². The van der Waals surface area contributed by atoms with Crippen molar-refractivity contribution in [1.29, 1.82) is 0 Å². The lowest BCUT2D eigenvalue weighted by atomic mass is 9.99. The third-order valence-electron chi connectivity index (χ3n) is 12.7. The van der Waals surface area contributed by atoms with E-state index >= 15 is 0 Å². The number of aliphatic hydroxyl groups is 5. The summed E-state index contributed by atoms with van der Waals surface area (Å²) >= 11 is 0. The summed E-state index contributed by atoms with van der Waals surface area (Å²) in [6.45, 7) is 3.62. The van der Waals surface area contributed by atoms with E-state index in [2.05, 4.69) is 79.9 Å². The number of amides is 1. The molecule has 6 N–H and O–H groups in total. The summed E-state index contributed by atoms with van der Waals surface area (Å²) in [7, 11) is 0. The molecule has 9 heteroatoms. The summed E-state index contributed by atoms with van der Waals surface area (Å²) in [4.78, 5) is 13.0. The highest BCUT2D eigenvalue weighted by Crippen LogP contribution is 2.23. The minimum absolute atomic E-state index is 0.221. The molecule has 1 aliphatic rings. The van der Waals surface area contributed by atoms with E-state index in [0.717, 1.165) is 64.2 Å². The molecule has 1 rings (SSSR count). The average molecular weight is 942 g/mol. The first-order valence-electron chi connectivity index (χ1n) is 27.7. The highest BCUT2D eigenvalue weighted by molar-refractivity contribution is 5.76. The molecule has 0 bridgehead atoms. The Morgan fingerprint density at radius 2 is 0.940 bits per heavy atom. The topological polar surface area (TPSA) is 149 Å². The van der Waals surface area contributed by atoms with Crippen LogP contribution in [0.1, 0.15) is 232 Å². The van der Waals surface area contributed by atoms with Crippen LogP contribution in [0.15, 0.2) is 72.9 Å². The molecular formula is C58H103NO8. The summed E-state index contributed by atoms with van der Waals surface area (Å²) in [6.07, 6.45) is 58.5. The molecule has 67 heavy (non-hydrogen) atoms. The minimum Gasteiger partial charge on any atom is -0.394 e. The number of hydrogen-bond donors (Lipinski definition) is 6. The van der Waals surface area contributed by atoms with E-state index in [-0.39, 0.29) is 12.5 Å². The maximum Gasteiger partial charge on any atom is 0.220 e. The van der Waals surface area contributed by atoms with Crippen LogP contribution in [0, 0.1) is 0 Å². The van der Waals surface area contributed by atoms with Crippen LogP contribution in [-0.2, 0) is 14.3 Å². The number of carbonyl (C=O) groups excluding carboxylic acids is 1. The SMILES string of the molecule is CC/C=C\C/C=C\C/C=C\CCCCCC(=O)NC(COC1OC(CO)C(O)C(O)C1O)C(O)/C=C/CC/C=C/CC/C=C/CCCCCCCCCCCCCCCCCCCCCCC. The van der Waals surface area contributed by atoms with E-state index in [1.54, 1.807) is 6.08 Å². The van der Waals surface area contributed by atoms with Crippen LogP contribution in [0.4, 0.5) is 0 Å². The van der Waals surface area contributed by atoms with Gasteiger partial charge in [-0.1, -0.05) is 222 Å². The van der Waals surface area contributed by atoms with Gasteiger partial charge < -0.3 is 40.3 Å². The van der Waals surface area contributed by atoms with Crippen molar-refractivity contribution < 1.29 is 39.8 Å². The van der Waals surface area contributed by atoms with Gasteiger partial charge in [0.2, 0.25) is 5.91 Å². The van der Waals surface area contributed by atoms with Gasteiger partial charge >= 0.3 is 0 Å². The van der Waals surface area contributed by atoms with Crippen LogP contribution in [-0.4, -0.2) is 87.5 Å². The zero-order valence-electron chi connectivity index (χ0n) is 42.9. The van der Waals surface area contributed by atoms with E-state index in [9.17, 15) is 30.3 Å². The van der Waals surface area contributed by atoms with Gasteiger partial charge in [-0.05, 0) is 77.0 Å². The Kier molecular flexibility index (Phi) is 44.2. The van der Waals surface area contributed by atoms with Crippen molar-refractivity contribution in [2.24, 2.45) is 0 Å². The number of carbonyl (C=O) groups is 1. The third-order valence-corrected chi connectivity index (χ3v) is 12.7. The zero-order valence-corrected chi connectivity index (χ0v) is 42.9. The van der Waals surface area contributed by atoms with E-state index in [1.165, 1.54) is 141 Å². The second kappa shape index (κ2) is 47.3. The third kappa shape index (κ3) is 37.2. The molecule has 0 spiro atoms. The van der Waals surface area contributed by atoms with Crippen molar-refractivity contribution in [3.8, 4) is 0 Å². The lowest BCUT2D eigenvalue weighted by molar-refractivity contribution is -0.302. The predicted molar refractivity (Wildman–Crippen MR) is 281 cm³/mol. The number of rotatable bonds is 46. The second-order valence-electron chi connectivity index (χ2n) is 19.0. The number of hydrogen-bond acceptors (Lipinski definition) is 8. The second-order valence-corrected chi connectivity index (χ2v) is 19.0. The van der Waals surface area contributed by atoms with E-state index < -0.39 is 49.5 Å². The van der Waals surface area contributed by atoms with Crippen LogP contribution >= 0.6 is 0 Å². The Morgan fingerprint density at radius 1 is 0.522 bits per heavy atom. The van der Waals surface area contributed by atoms with Crippen molar-refractivity contribution in [2.45, 2.75) is 275 Å². The first-order chi connectivity index (χ1) is 32.8. The number of unbranched alkanes of at least 4 members (excludes halogenated alkanes) is 26. The molecule has 0 aromatic rings. The first kappa shape index (κ1) is 62.6. The standard InChI is InChI=1S/C58H103NO8/c1-3-5-7-9-11-13-15-17-18-19-20-21-22-23-24-25-26-27-28-29-30-31-32-33-34-36-37-39-41-43-45-47-52(61)51(50-66-58-57(65)56(64)55(63)53(49-60)67-58)59-54(62)48-46-44-42-40-38-35-16-14-12-10-8-6-4-2/h6,8,12,14,32-33,35,37-39,45,47,51-53,55-58,60-61,63-65H,3-5,7,9-11,13,15-31,34,36,40-44,46,48-50H2,1-2H3,(H,59,62)/b8-6-,14-12-,33-32+,38-35-,39-37+,47-45+. The van der Waals surface area contributed by atoms with Gasteiger partial charge in [-0.2, -0.15) is 0 Å². The molecule has 9 nitrogen and oxygen atoms in total. The van der Waals surface area contributed by atoms with E-state index in [1.807, 2.05) is 6.08 Å². The Bertz CT molecular complexity index is 1280. The molecule has 0 aromatic heterocycles. The van der Waals surface area contributed by atoms with Crippen molar-refractivity contribution in [3.05, 3.63) is 72.9 Å². The van der Waals surface area contributed by atoms with Gasteiger partial charge in [0, 0.05) is 6.42 Å². The van der Waals surface area contributed by atoms with Crippen molar-refractivity contribution in [3.63, 3.8) is 0 Å². The van der Waals surface area contributed by atoms with Gasteiger partial charge in [-0.25, -0.2) is 0 Å². The molecule has 0 aliphatic carbocycles. The largest absolute Gasteiger partial charge is 0.394 e. The highest BCUT2D eigenvalue weighted by Gasteiger charge is 2.44. The zero-order chi connectivity index (χ0) is 48.7. The number of nitrogens with one attached hydrogen (secondary N) is 1. The van der Waals surface area contributed by atoms with Crippen LogP contribution in [0.3, 0.4) is 0 Å². The molecule has 1 saturated heterocycles. The first-order valence-corrected chi connectivity index (χ1v) is 27.7. The monoisotopic (exact) mass is 942 g/mol. The van der Waals surface area contributed by atoms with Gasteiger partial charge in [0.15, 0.2) is 6.29 Å². The molecule has 1 amide bonds. The molecule has 1 fully saturated rings. The van der Waals surface area contributed by atoms with Gasteiger partial charge in [-0.3, -0.25) is 4.79 Å². The highest BCUT2D eigenvalue weighted by atomic mass is 16.7. The molecule has 7 unspecified atom stereocenters. The maximum atomic E-state index is 13.0. The summed E-state index contributed by atoms with van der Waals surface area (Å²) in [6, 6.07) is -0.847. The number of allylic oxidation sites excluding steroid dienone is 11. The Morgan fingerprint density at radius 3 is 1.43 bits per heavy atom. The molecule has 1 heterocycles. The molecular weight excluding hydrogens is 839 g/mol. The minimum atomic E-state index is -1.58. The molecule has 388 valence electrons. The number of ether oxygens (including phenoxy) is 2. The fourth-order valence-corrected chi connectivity index (χ4v) is 8.38. The quantitative estimate of drug-likeness (QED) is 0.0261. The fraction of sp³-hybridized carbons (Fsp3) is 0.776. The van der Waals surface area contributed by atoms with Gasteiger partial charge in [0.1, 0.15) is 24.4 Å². The maximum absolute atomic E-state index is 13.0. The molecule has 0 radical (unpaired) electrons. The van der Waals surface area contributed by atoms with Crippen LogP contribution in [0.2, 0.25) is 0 Å². The molecule has 7 atom stereocenters. The molecule has 1 aliphatic heterocycles.